The Bertz CT molecular complexity index is 627. The molecule has 2 aromatic heterocycles. The molecule has 118 valence electrons. The van der Waals surface area contributed by atoms with Crippen molar-refractivity contribution in [3.63, 3.8) is 0 Å². The Morgan fingerprint density at radius 3 is 2.95 bits per heavy atom. The molecule has 0 atom stereocenters. The maximum atomic E-state index is 12.5. The number of alkyl halides is 2. The minimum absolute atomic E-state index is 0.201. The van der Waals surface area contributed by atoms with Crippen LogP contribution in [0.1, 0.15) is 25.7 Å². The zero-order chi connectivity index (χ0) is 15.5. The molecule has 22 heavy (non-hydrogen) atoms. The van der Waals surface area contributed by atoms with Crippen molar-refractivity contribution in [1.82, 2.24) is 15.1 Å². The van der Waals surface area contributed by atoms with Gasteiger partial charge in [0.1, 0.15) is 0 Å². The summed E-state index contributed by atoms with van der Waals surface area (Å²) in [5.74, 6) is 1.07. The summed E-state index contributed by atoms with van der Waals surface area (Å²) in [6.45, 7) is 2.36. The Kier molecular flexibility index (Phi) is 4.31. The first kappa shape index (κ1) is 14.9. The highest BCUT2D eigenvalue weighted by Gasteiger charge is 2.36. The van der Waals surface area contributed by atoms with Gasteiger partial charge < -0.3 is 9.26 Å². The maximum Gasteiger partial charge on any atom is 0.241 e. The predicted molar refractivity (Wildman–Crippen MR) is 74.6 cm³/mol. The van der Waals surface area contributed by atoms with Gasteiger partial charge in [0.05, 0.1) is 12.2 Å². The van der Waals surface area contributed by atoms with Gasteiger partial charge in [-0.3, -0.25) is 0 Å². The van der Waals surface area contributed by atoms with E-state index in [2.05, 4.69) is 15.1 Å². The predicted octanol–water partition coefficient (Wildman–Crippen LogP) is 3.36. The molecule has 3 rings (SSSR count). The maximum absolute atomic E-state index is 12.5. The van der Waals surface area contributed by atoms with Crippen LogP contribution >= 0.6 is 0 Å². The lowest BCUT2D eigenvalue weighted by Crippen LogP contribution is -2.30. The molecule has 1 aliphatic carbocycles. The number of rotatable bonds is 6. The molecule has 0 aromatic carbocycles. The number of halogens is 2. The van der Waals surface area contributed by atoms with Gasteiger partial charge in [-0.25, -0.2) is 13.8 Å². The first-order valence-electron chi connectivity index (χ1n) is 7.36. The topological polar surface area (TPSA) is 61.0 Å². The van der Waals surface area contributed by atoms with E-state index < -0.39 is 12.3 Å². The molecule has 7 heteroatoms. The van der Waals surface area contributed by atoms with Gasteiger partial charge in [0.2, 0.25) is 24.0 Å². The van der Waals surface area contributed by atoms with Crippen LogP contribution in [-0.2, 0) is 6.42 Å². The molecule has 0 aliphatic heterocycles. The zero-order valence-electron chi connectivity index (χ0n) is 12.2. The Morgan fingerprint density at radius 2 is 2.23 bits per heavy atom. The van der Waals surface area contributed by atoms with Crippen molar-refractivity contribution in [1.29, 1.82) is 0 Å². The van der Waals surface area contributed by atoms with Crippen LogP contribution in [-0.4, -0.2) is 28.2 Å². The van der Waals surface area contributed by atoms with Crippen LogP contribution in [0.3, 0.4) is 0 Å². The zero-order valence-corrected chi connectivity index (χ0v) is 12.2. The summed E-state index contributed by atoms with van der Waals surface area (Å²) < 4.78 is 35.6. The molecule has 0 bridgehead atoms. The van der Waals surface area contributed by atoms with Crippen molar-refractivity contribution in [3.05, 3.63) is 24.2 Å². The molecule has 0 saturated heterocycles. The number of hydrogen-bond acceptors (Lipinski definition) is 5. The number of nitrogens with zero attached hydrogens (tertiary/aromatic N) is 3. The van der Waals surface area contributed by atoms with Crippen LogP contribution in [0, 0.1) is 11.8 Å². The fourth-order valence-corrected chi connectivity index (χ4v) is 2.67. The van der Waals surface area contributed by atoms with Gasteiger partial charge in [0, 0.05) is 18.5 Å². The van der Waals surface area contributed by atoms with Crippen LogP contribution in [0.2, 0.25) is 0 Å². The van der Waals surface area contributed by atoms with E-state index in [1.165, 1.54) is 0 Å². The van der Waals surface area contributed by atoms with Crippen molar-refractivity contribution in [3.8, 4) is 17.3 Å². The quantitative estimate of drug-likeness (QED) is 0.818. The van der Waals surface area contributed by atoms with E-state index in [4.69, 9.17) is 9.26 Å². The number of ether oxygens (including phenoxy) is 1. The second-order valence-corrected chi connectivity index (χ2v) is 5.44. The molecule has 0 spiro atoms. The molecular weight excluding hydrogens is 292 g/mol. The van der Waals surface area contributed by atoms with Crippen LogP contribution < -0.4 is 4.74 Å². The molecular formula is C15H17F2N3O2. The molecule has 0 amide bonds. The molecule has 1 aliphatic rings. The molecule has 0 N–H and O–H groups in total. The highest BCUT2D eigenvalue weighted by molar-refractivity contribution is 5.60. The summed E-state index contributed by atoms with van der Waals surface area (Å²) in [6, 6.07) is 3.58. The van der Waals surface area contributed by atoms with E-state index in [1.54, 1.807) is 12.3 Å². The Labute approximate surface area is 126 Å². The second-order valence-electron chi connectivity index (χ2n) is 5.44. The van der Waals surface area contributed by atoms with Gasteiger partial charge in [-0.05, 0) is 37.8 Å². The highest BCUT2D eigenvalue weighted by atomic mass is 19.3. The Balaban J connectivity index is 1.67. The first-order chi connectivity index (χ1) is 10.7. The molecule has 0 unspecified atom stereocenters. The van der Waals surface area contributed by atoms with Gasteiger partial charge >= 0.3 is 0 Å². The first-order valence-corrected chi connectivity index (χ1v) is 7.36. The van der Waals surface area contributed by atoms with Crippen molar-refractivity contribution in [2.75, 3.05) is 6.61 Å². The van der Waals surface area contributed by atoms with Crippen LogP contribution in [0.15, 0.2) is 22.9 Å². The van der Waals surface area contributed by atoms with Gasteiger partial charge in [-0.2, -0.15) is 4.98 Å². The standard InChI is InChI=1S/C15H17F2N3O2/c1-2-21-15-11(4-3-5-18-15)14-19-12(22-20-14)8-9-6-10(7-9)13(16)17/h3-5,9-10,13H,2,6-8H2,1H3. The van der Waals surface area contributed by atoms with Crippen LogP contribution in [0.5, 0.6) is 5.88 Å². The lowest BCUT2D eigenvalue weighted by Gasteiger charge is -2.33. The van der Waals surface area contributed by atoms with Crippen molar-refractivity contribution in [2.24, 2.45) is 11.8 Å². The molecule has 5 nitrogen and oxygen atoms in total. The lowest BCUT2D eigenvalue weighted by molar-refractivity contribution is 0.000897. The van der Waals surface area contributed by atoms with E-state index in [1.807, 2.05) is 13.0 Å². The third-order valence-electron chi connectivity index (χ3n) is 3.85. The van der Waals surface area contributed by atoms with Gasteiger partial charge in [0.15, 0.2) is 0 Å². The number of pyridine rings is 1. The van der Waals surface area contributed by atoms with E-state index in [0.29, 0.717) is 49.0 Å². The largest absolute Gasteiger partial charge is 0.477 e. The molecule has 0 radical (unpaired) electrons. The summed E-state index contributed by atoms with van der Waals surface area (Å²) in [7, 11) is 0. The van der Waals surface area contributed by atoms with Crippen molar-refractivity contribution < 1.29 is 18.0 Å². The summed E-state index contributed by atoms with van der Waals surface area (Å²) >= 11 is 0. The van der Waals surface area contributed by atoms with Crippen molar-refractivity contribution >= 4 is 0 Å². The van der Waals surface area contributed by atoms with Gasteiger partial charge in [-0.15, -0.1) is 0 Å². The smallest absolute Gasteiger partial charge is 0.241 e. The Morgan fingerprint density at radius 1 is 1.41 bits per heavy atom. The number of hydrogen-bond donors (Lipinski definition) is 0. The second kappa shape index (κ2) is 6.37. The average Bonchev–Trinajstić information content (AvgIpc) is 2.91. The summed E-state index contributed by atoms with van der Waals surface area (Å²) in [4.78, 5) is 8.47. The normalized spacial score (nSPS) is 20.9. The fourth-order valence-electron chi connectivity index (χ4n) is 2.67. The van der Waals surface area contributed by atoms with Crippen LogP contribution in [0.4, 0.5) is 8.78 Å². The summed E-state index contributed by atoms with van der Waals surface area (Å²) in [5.41, 5.74) is 0.665. The summed E-state index contributed by atoms with van der Waals surface area (Å²) in [5, 5.41) is 3.94. The van der Waals surface area contributed by atoms with E-state index in [0.717, 1.165) is 0 Å². The third kappa shape index (κ3) is 3.08. The van der Waals surface area contributed by atoms with Crippen LogP contribution in [0.25, 0.3) is 11.4 Å². The molecule has 1 fully saturated rings. The number of aromatic nitrogens is 3. The highest BCUT2D eigenvalue weighted by Crippen LogP contribution is 2.39. The molecule has 2 heterocycles. The SMILES string of the molecule is CCOc1ncccc1-c1noc(CC2CC(C(F)F)C2)n1. The van der Waals surface area contributed by atoms with E-state index in [-0.39, 0.29) is 5.92 Å². The van der Waals surface area contributed by atoms with E-state index in [9.17, 15) is 8.78 Å². The third-order valence-corrected chi connectivity index (χ3v) is 3.85. The van der Waals surface area contributed by atoms with E-state index >= 15 is 0 Å². The summed E-state index contributed by atoms with van der Waals surface area (Å²) in [6.07, 6.45) is 0.993. The minimum atomic E-state index is -2.22. The Hall–Kier alpha value is -2.05. The van der Waals surface area contributed by atoms with Gasteiger partial charge in [0.25, 0.3) is 0 Å². The average molecular weight is 309 g/mol. The minimum Gasteiger partial charge on any atom is -0.477 e. The monoisotopic (exact) mass is 309 g/mol. The molecule has 1 saturated carbocycles. The lowest BCUT2D eigenvalue weighted by atomic mass is 9.73. The van der Waals surface area contributed by atoms with Gasteiger partial charge in [-0.1, -0.05) is 5.16 Å². The fraction of sp³-hybridized carbons (Fsp3) is 0.533. The van der Waals surface area contributed by atoms with Crippen molar-refractivity contribution in [2.45, 2.75) is 32.6 Å². The molecule has 2 aromatic rings.